The number of rotatable bonds is 13. The van der Waals surface area contributed by atoms with Crippen LogP contribution in [-0.2, 0) is 26.2 Å². The second-order valence-electron chi connectivity index (χ2n) is 10.8. The highest BCUT2D eigenvalue weighted by Gasteiger charge is 2.33. The van der Waals surface area contributed by atoms with E-state index in [9.17, 15) is 18.0 Å². The van der Waals surface area contributed by atoms with Crippen molar-refractivity contribution < 1.29 is 27.5 Å². The maximum Gasteiger partial charge on any atom is 0.264 e. The van der Waals surface area contributed by atoms with Crippen LogP contribution in [0.4, 0.5) is 5.69 Å². The largest absolute Gasteiger partial charge is 0.493 e. The number of methoxy groups -OCH3 is 2. The fourth-order valence-corrected chi connectivity index (χ4v) is 6.18. The molecule has 0 aliphatic heterocycles. The highest BCUT2D eigenvalue weighted by Crippen LogP contribution is 2.33. The number of aryl methyl sites for hydroxylation is 2. The summed E-state index contributed by atoms with van der Waals surface area (Å²) >= 11 is 6.44. The summed E-state index contributed by atoms with van der Waals surface area (Å²) in [6, 6.07) is 15.7. The highest BCUT2D eigenvalue weighted by atomic mass is 35.5. The monoisotopic (exact) mass is 629 g/mol. The molecule has 0 aliphatic carbocycles. The van der Waals surface area contributed by atoms with Crippen LogP contribution in [0.25, 0.3) is 0 Å². The average molecular weight is 630 g/mol. The standard InChI is InChI=1S/C32H40ClN3O6S/c1-21(2)18-34-32(38)24(5)35(19-25-10-8-9-11-28(25)33)31(37)20-36(26-15-22(3)14-23(4)16-26)43(39,40)27-12-13-29(41-6)30(17-27)42-7/h8-17,21,24H,18-20H2,1-7H3,(H,34,38)/t24-/m1/s1. The van der Waals surface area contributed by atoms with Crippen molar-refractivity contribution in [1.29, 1.82) is 0 Å². The van der Waals surface area contributed by atoms with Crippen LogP contribution in [0, 0.1) is 19.8 Å². The molecular formula is C32H40ClN3O6S. The van der Waals surface area contributed by atoms with Gasteiger partial charge < -0.3 is 19.7 Å². The van der Waals surface area contributed by atoms with Crippen molar-refractivity contribution in [1.82, 2.24) is 10.2 Å². The van der Waals surface area contributed by atoms with Crippen LogP contribution in [0.15, 0.2) is 65.6 Å². The number of anilines is 1. The molecule has 0 fully saturated rings. The quantitative estimate of drug-likeness (QED) is 0.273. The van der Waals surface area contributed by atoms with Crippen LogP contribution in [0.1, 0.15) is 37.5 Å². The van der Waals surface area contributed by atoms with Gasteiger partial charge in [0.25, 0.3) is 10.0 Å². The Hall–Kier alpha value is -3.76. The zero-order valence-electron chi connectivity index (χ0n) is 25.7. The molecule has 1 atom stereocenters. The van der Waals surface area contributed by atoms with Gasteiger partial charge in [-0.1, -0.05) is 49.7 Å². The predicted molar refractivity (Wildman–Crippen MR) is 169 cm³/mol. The van der Waals surface area contributed by atoms with Gasteiger partial charge in [-0.15, -0.1) is 0 Å². The minimum atomic E-state index is -4.30. The van der Waals surface area contributed by atoms with Gasteiger partial charge in [-0.2, -0.15) is 0 Å². The summed E-state index contributed by atoms with van der Waals surface area (Å²) in [5.41, 5.74) is 2.59. The number of benzene rings is 3. The molecular weight excluding hydrogens is 590 g/mol. The lowest BCUT2D eigenvalue weighted by molar-refractivity contribution is -0.139. The Balaban J connectivity index is 2.10. The fourth-order valence-electron chi connectivity index (χ4n) is 4.57. The van der Waals surface area contributed by atoms with Crippen molar-refractivity contribution in [2.45, 2.75) is 52.1 Å². The molecule has 9 nitrogen and oxygen atoms in total. The maximum atomic E-state index is 14.2. The Morgan fingerprint density at radius 3 is 2.12 bits per heavy atom. The molecule has 0 spiro atoms. The third kappa shape index (κ3) is 8.42. The lowest BCUT2D eigenvalue weighted by atomic mass is 10.1. The van der Waals surface area contributed by atoms with Gasteiger partial charge in [0.1, 0.15) is 12.6 Å². The first kappa shape index (κ1) is 33.7. The summed E-state index contributed by atoms with van der Waals surface area (Å²) in [6.45, 7) is 9.14. The Bertz CT molecular complexity index is 1540. The number of hydrogen-bond acceptors (Lipinski definition) is 6. The summed E-state index contributed by atoms with van der Waals surface area (Å²) in [5, 5.41) is 3.30. The second kappa shape index (κ2) is 14.6. The number of nitrogens with zero attached hydrogens (tertiary/aromatic N) is 2. The molecule has 3 aromatic rings. The van der Waals surface area contributed by atoms with E-state index >= 15 is 0 Å². The summed E-state index contributed by atoms with van der Waals surface area (Å²) in [7, 11) is -1.43. The van der Waals surface area contributed by atoms with Crippen LogP contribution >= 0.6 is 11.6 Å². The molecule has 0 unspecified atom stereocenters. The highest BCUT2D eigenvalue weighted by molar-refractivity contribution is 7.92. The number of nitrogens with one attached hydrogen (secondary N) is 1. The number of sulfonamides is 1. The van der Waals surface area contributed by atoms with Crippen LogP contribution in [0.3, 0.4) is 0 Å². The first-order valence-electron chi connectivity index (χ1n) is 13.9. The summed E-state index contributed by atoms with van der Waals surface area (Å²) in [4.78, 5) is 28.6. The van der Waals surface area contributed by atoms with E-state index in [2.05, 4.69) is 5.32 Å². The zero-order chi connectivity index (χ0) is 31.9. The van der Waals surface area contributed by atoms with Crippen molar-refractivity contribution >= 4 is 39.1 Å². The number of amides is 2. The van der Waals surface area contributed by atoms with E-state index in [0.29, 0.717) is 28.6 Å². The smallest absolute Gasteiger partial charge is 0.264 e. The molecule has 3 rings (SSSR count). The van der Waals surface area contributed by atoms with Crippen LogP contribution in [0.5, 0.6) is 11.5 Å². The molecule has 43 heavy (non-hydrogen) atoms. The molecule has 2 amide bonds. The third-order valence-corrected chi connectivity index (χ3v) is 9.01. The van der Waals surface area contributed by atoms with Crippen LogP contribution in [-0.4, -0.2) is 58.5 Å². The summed E-state index contributed by atoms with van der Waals surface area (Å²) < 4.78 is 40.2. The lowest BCUT2D eigenvalue weighted by Crippen LogP contribution is -2.51. The molecule has 0 aliphatic rings. The SMILES string of the molecule is COc1ccc(S(=O)(=O)N(CC(=O)N(Cc2ccccc2Cl)[C@H](C)C(=O)NCC(C)C)c2cc(C)cc(C)c2)cc1OC. The van der Waals surface area contributed by atoms with Gasteiger partial charge in [-0.3, -0.25) is 13.9 Å². The molecule has 0 heterocycles. The van der Waals surface area contributed by atoms with Crippen molar-refractivity contribution in [2.75, 3.05) is 31.6 Å². The number of ether oxygens (including phenoxy) is 2. The number of carbonyl (C=O) groups is 2. The number of halogens is 1. The average Bonchev–Trinajstić information content (AvgIpc) is 2.96. The third-order valence-electron chi connectivity index (χ3n) is 6.87. The Morgan fingerprint density at radius 1 is 0.907 bits per heavy atom. The Labute approximate surface area is 259 Å². The lowest BCUT2D eigenvalue weighted by Gasteiger charge is -2.32. The minimum absolute atomic E-state index is 0.00582. The normalized spacial score (nSPS) is 12.0. The van der Waals surface area contributed by atoms with E-state index in [1.54, 1.807) is 43.3 Å². The topological polar surface area (TPSA) is 105 Å². The van der Waals surface area contributed by atoms with Crippen molar-refractivity contribution in [3.8, 4) is 11.5 Å². The van der Waals surface area contributed by atoms with Gasteiger partial charge in [-0.25, -0.2) is 8.42 Å². The van der Waals surface area contributed by atoms with Crippen molar-refractivity contribution in [3.63, 3.8) is 0 Å². The molecule has 1 N–H and O–H groups in total. The molecule has 0 saturated heterocycles. The second-order valence-corrected chi connectivity index (χ2v) is 13.1. The fraction of sp³-hybridized carbons (Fsp3) is 0.375. The van der Waals surface area contributed by atoms with E-state index < -0.39 is 28.5 Å². The van der Waals surface area contributed by atoms with E-state index in [4.69, 9.17) is 21.1 Å². The van der Waals surface area contributed by atoms with Gasteiger partial charge >= 0.3 is 0 Å². The minimum Gasteiger partial charge on any atom is -0.493 e. The predicted octanol–water partition coefficient (Wildman–Crippen LogP) is 5.36. The van der Waals surface area contributed by atoms with E-state index in [1.807, 2.05) is 33.8 Å². The van der Waals surface area contributed by atoms with Crippen LogP contribution < -0.4 is 19.1 Å². The van der Waals surface area contributed by atoms with Gasteiger partial charge in [0, 0.05) is 24.2 Å². The molecule has 0 radical (unpaired) electrons. The molecule has 232 valence electrons. The van der Waals surface area contributed by atoms with Gasteiger partial charge in [-0.05, 0) is 73.7 Å². The molecule has 0 saturated carbocycles. The van der Waals surface area contributed by atoms with Crippen molar-refractivity contribution in [2.24, 2.45) is 5.92 Å². The number of hydrogen-bond donors (Lipinski definition) is 1. The maximum absolute atomic E-state index is 14.2. The first-order valence-corrected chi connectivity index (χ1v) is 15.7. The Morgan fingerprint density at radius 2 is 1.53 bits per heavy atom. The first-order chi connectivity index (χ1) is 20.3. The Kier molecular flexibility index (Phi) is 11.5. The molecule has 0 aromatic heterocycles. The summed E-state index contributed by atoms with van der Waals surface area (Å²) in [6.07, 6.45) is 0. The van der Waals surface area contributed by atoms with E-state index in [-0.39, 0.29) is 29.0 Å². The van der Waals surface area contributed by atoms with Gasteiger partial charge in [0.2, 0.25) is 11.8 Å². The molecule has 3 aromatic carbocycles. The number of carbonyl (C=O) groups excluding carboxylic acids is 2. The zero-order valence-corrected chi connectivity index (χ0v) is 27.3. The van der Waals surface area contributed by atoms with Gasteiger partial charge in [0.15, 0.2) is 11.5 Å². The molecule has 0 bridgehead atoms. The van der Waals surface area contributed by atoms with E-state index in [0.717, 1.165) is 15.4 Å². The van der Waals surface area contributed by atoms with Crippen LogP contribution in [0.2, 0.25) is 5.02 Å². The van der Waals surface area contributed by atoms with E-state index in [1.165, 1.54) is 37.3 Å². The molecule has 11 heteroatoms. The van der Waals surface area contributed by atoms with Gasteiger partial charge in [0.05, 0.1) is 24.8 Å². The summed E-state index contributed by atoms with van der Waals surface area (Å²) in [5.74, 6) is -0.130. The van der Waals surface area contributed by atoms with Crippen molar-refractivity contribution in [3.05, 3.63) is 82.4 Å².